The summed E-state index contributed by atoms with van der Waals surface area (Å²) >= 11 is 0. The van der Waals surface area contributed by atoms with Gasteiger partial charge in [-0.05, 0) is 42.8 Å². The fourth-order valence-corrected chi connectivity index (χ4v) is 3.36. The molecule has 1 amide bonds. The van der Waals surface area contributed by atoms with Crippen LogP contribution in [-0.4, -0.2) is 69.3 Å². The molecule has 7 nitrogen and oxygen atoms in total. The van der Waals surface area contributed by atoms with E-state index in [9.17, 15) is 4.79 Å². The number of hydrogen-bond donors (Lipinski definition) is 1. The Balaban J connectivity index is 0.00000155. The molecule has 0 saturated carbocycles. The quantitative estimate of drug-likeness (QED) is 0.749. The topological polar surface area (TPSA) is 66.9 Å². The second kappa shape index (κ2) is 12.1. The smallest absolute Gasteiger partial charge is 0.261 e. The van der Waals surface area contributed by atoms with Crippen molar-refractivity contribution in [3.8, 4) is 5.88 Å². The molecule has 7 heteroatoms. The number of carbonyl (C=O) groups excluding carboxylic acids is 1. The number of methoxy groups -OCH3 is 2. The summed E-state index contributed by atoms with van der Waals surface area (Å²) in [7, 11) is 3.25. The number of aryl methyl sites for hydroxylation is 1. The predicted molar refractivity (Wildman–Crippen MR) is 122 cm³/mol. The SMILES string of the molecule is CC.COCCN1CCN(c2ccc(NC(=O)c3c(C)ccnc3OC)cc2)CC1. The molecule has 1 aliphatic rings. The predicted octanol–water partition coefficient (Wildman–Crippen LogP) is 3.45. The fraction of sp³-hybridized carbons (Fsp3) is 0.478. The van der Waals surface area contributed by atoms with E-state index in [0.717, 1.165) is 50.6 Å². The van der Waals surface area contributed by atoms with Gasteiger partial charge in [-0.25, -0.2) is 4.98 Å². The molecule has 164 valence electrons. The van der Waals surface area contributed by atoms with Crippen molar-refractivity contribution < 1.29 is 14.3 Å². The highest BCUT2D eigenvalue weighted by molar-refractivity contribution is 6.06. The number of aromatic nitrogens is 1. The van der Waals surface area contributed by atoms with Crippen molar-refractivity contribution in [2.75, 3.05) is 63.8 Å². The molecule has 0 radical (unpaired) electrons. The number of ether oxygens (including phenoxy) is 2. The average molecular weight is 415 g/mol. The zero-order valence-electron chi connectivity index (χ0n) is 18.8. The monoisotopic (exact) mass is 414 g/mol. The number of piperazine rings is 1. The summed E-state index contributed by atoms with van der Waals surface area (Å²) in [6, 6.07) is 9.76. The van der Waals surface area contributed by atoms with Gasteiger partial charge >= 0.3 is 0 Å². The lowest BCUT2D eigenvalue weighted by Crippen LogP contribution is -2.47. The summed E-state index contributed by atoms with van der Waals surface area (Å²) in [6.07, 6.45) is 1.63. The standard InChI is InChI=1S/C21H28N4O3.C2H6/c1-16-8-9-22-21(28-3)19(16)20(26)23-17-4-6-18(7-5-17)25-12-10-24(11-13-25)14-15-27-2;1-2/h4-9H,10-15H2,1-3H3,(H,23,26);1-2H3. The van der Waals surface area contributed by atoms with Crippen molar-refractivity contribution in [2.24, 2.45) is 0 Å². The lowest BCUT2D eigenvalue weighted by atomic mass is 10.1. The number of nitrogens with zero attached hydrogens (tertiary/aromatic N) is 3. The van der Waals surface area contributed by atoms with E-state index in [4.69, 9.17) is 9.47 Å². The van der Waals surface area contributed by atoms with Crippen LogP contribution in [-0.2, 0) is 4.74 Å². The molecule has 1 N–H and O–H groups in total. The molecule has 1 aromatic carbocycles. The Morgan fingerprint density at radius 1 is 1.07 bits per heavy atom. The molecule has 30 heavy (non-hydrogen) atoms. The first-order chi connectivity index (χ1) is 14.6. The Kier molecular flexibility index (Phi) is 9.57. The maximum atomic E-state index is 12.7. The third kappa shape index (κ3) is 6.18. The fourth-order valence-electron chi connectivity index (χ4n) is 3.36. The van der Waals surface area contributed by atoms with Crippen LogP contribution >= 0.6 is 0 Å². The summed E-state index contributed by atoms with van der Waals surface area (Å²) < 4.78 is 10.4. The Morgan fingerprint density at radius 2 is 1.73 bits per heavy atom. The van der Waals surface area contributed by atoms with E-state index in [1.807, 2.05) is 45.0 Å². The molecule has 0 spiro atoms. The lowest BCUT2D eigenvalue weighted by molar-refractivity contribution is 0.102. The molecule has 1 fully saturated rings. The van der Waals surface area contributed by atoms with Gasteiger partial charge in [-0.2, -0.15) is 0 Å². The summed E-state index contributed by atoms with van der Waals surface area (Å²) in [6.45, 7) is 11.7. The van der Waals surface area contributed by atoms with Gasteiger partial charge < -0.3 is 19.7 Å². The third-order valence-corrected chi connectivity index (χ3v) is 5.02. The number of anilines is 2. The van der Waals surface area contributed by atoms with Crippen LogP contribution in [0.2, 0.25) is 0 Å². The number of nitrogens with one attached hydrogen (secondary N) is 1. The van der Waals surface area contributed by atoms with Gasteiger partial charge in [0.1, 0.15) is 5.56 Å². The van der Waals surface area contributed by atoms with Crippen molar-refractivity contribution in [2.45, 2.75) is 20.8 Å². The Morgan fingerprint density at radius 3 is 2.33 bits per heavy atom. The van der Waals surface area contributed by atoms with Crippen molar-refractivity contribution in [1.82, 2.24) is 9.88 Å². The molecule has 3 rings (SSSR count). The Labute approximate surface area is 180 Å². The zero-order chi connectivity index (χ0) is 21.9. The Bertz CT molecular complexity index is 788. The Hall–Kier alpha value is -2.64. The van der Waals surface area contributed by atoms with Crippen molar-refractivity contribution in [1.29, 1.82) is 0 Å². The van der Waals surface area contributed by atoms with E-state index < -0.39 is 0 Å². The minimum Gasteiger partial charge on any atom is -0.480 e. The zero-order valence-corrected chi connectivity index (χ0v) is 18.8. The number of carbonyl (C=O) groups is 1. The average Bonchev–Trinajstić information content (AvgIpc) is 2.79. The van der Waals surface area contributed by atoms with Gasteiger partial charge in [0.25, 0.3) is 5.91 Å². The van der Waals surface area contributed by atoms with E-state index in [0.29, 0.717) is 11.4 Å². The first kappa shape index (κ1) is 23.6. The summed E-state index contributed by atoms with van der Waals surface area (Å²) in [5.41, 5.74) is 3.20. The van der Waals surface area contributed by atoms with Crippen LogP contribution in [0.15, 0.2) is 36.5 Å². The molecule has 0 bridgehead atoms. The largest absolute Gasteiger partial charge is 0.480 e. The molecule has 2 aromatic rings. The van der Waals surface area contributed by atoms with Crippen LogP contribution in [0.1, 0.15) is 29.8 Å². The third-order valence-electron chi connectivity index (χ3n) is 5.02. The van der Waals surface area contributed by atoms with E-state index in [-0.39, 0.29) is 5.91 Å². The minimum atomic E-state index is -0.220. The van der Waals surface area contributed by atoms with Crippen molar-refractivity contribution in [3.05, 3.63) is 47.7 Å². The maximum absolute atomic E-state index is 12.7. The van der Waals surface area contributed by atoms with Gasteiger partial charge in [-0.15, -0.1) is 0 Å². The molecule has 0 aliphatic carbocycles. The van der Waals surface area contributed by atoms with Crippen LogP contribution < -0.4 is 15.0 Å². The van der Waals surface area contributed by atoms with Gasteiger partial charge in [0, 0.05) is 57.4 Å². The molecule has 2 heterocycles. The van der Waals surface area contributed by atoms with E-state index >= 15 is 0 Å². The van der Waals surface area contributed by atoms with Gasteiger partial charge in [0.05, 0.1) is 13.7 Å². The van der Waals surface area contributed by atoms with Crippen LogP contribution in [0.5, 0.6) is 5.88 Å². The van der Waals surface area contributed by atoms with Gasteiger partial charge in [-0.1, -0.05) is 13.8 Å². The molecular formula is C23H34N4O3. The molecular weight excluding hydrogens is 380 g/mol. The molecule has 1 aliphatic heterocycles. The number of amides is 1. The molecule has 0 atom stereocenters. The minimum absolute atomic E-state index is 0.220. The summed E-state index contributed by atoms with van der Waals surface area (Å²) in [5.74, 6) is 0.113. The lowest BCUT2D eigenvalue weighted by Gasteiger charge is -2.36. The number of benzene rings is 1. The second-order valence-electron chi connectivity index (χ2n) is 6.83. The molecule has 0 unspecified atom stereocenters. The highest BCUT2D eigenvalue weighted by atomic mass is 16.5. The highest BCUT2D eigenvalue weighted by Crippen LogP contribution is 2.23. The van der Waals surface area contributed by atoms with Crippen molar-refractivity contribution in [3.63, 3.8) is 0 Å². The van der Waals surface area contributed by atoms with Crippen LogP contribution in [0.25, 0.3) is 0 Å². The summed E-state index contributed by atoms with van der Waals surface area (Å²) in [4.78, 5) is 21.6. The van der Waals surface area contributed by atoms with Gasteiger partial charge in [0.15, 0.2) is 0 Å². The van der Waals surface area contributed by atoms with Gasteiger partial charge in [0.2, 0.25) is 5.88 Å². The van der Waals surface area contributed by atoms with Crippen molar-refractivity contribution >= 4 is 17.3 Å². The van der Waals surface area contributed by atoms with E-state index in [1.165, 1.54) is 12.8 Å². The van der Waals surface area contributed by atoms with E-state index in [2.05, 4.69) is 20.1 Å². The molecule has 1 aromatic heterocycles. The molecule has 1 saturated heterocycles. The second-order valence-corrected chi connectivity index (χ2v) is 6.83. The maximum Gasteiger partial charge on any atom is 0.261 e. The first-order valence-corrected chi connectivity index (χ1v) is 10.5. The number of hydrogen-bond acceptors (Lipinski definition) is 6. The van der Waals surface area contributed by atoms with E-state index in [1.54, 1.807) is 19.4 Å². The normalized spacial score (nSPS) is 14.0. The first-order valence-electron chi connectivity index (χ1n) is 10.5. The van der Waals surface area contributed by atoms with Crippen LogP contribution in [0.3, 0.4) is 0 Å². The number of rotatable bonds is 7. The van der Waals surface area contributed by atoms with Crippen LogP contribution in [0, 0.1) is 6.92 Å². The summed E-state index contributed by atoms with van der Waals surface area (Å²) in [5, 5.41) is 2.93. The van der Waals surface area contributed by atoms with Crippen LogP contribution in [0.4, 0.5) is 11.4 Å². The van der Waals surface area contributed by atoms with Gasteiger partial charge in [-0.3, -0.25) is 9.69 Å². The highest BCUT2D eigenvalue weighted by Gasteiger charge is 2.18. The number of pyridine rings is 1.